The largest absolute Gasteiger partial charge is 0.309 e. The van der Waals surface area contributed by atoms with Crippen LogP contribution >= 0.6 is 0 Å². The Balaban J connectivity index is 2.91. The zero-order valence-electron chi connectivity index (χ0n) is 9.93. The minimum absolute atomic E-state index is 0.111. The molecule has 0 aliphatic carbocycles. The maximum atomic E-state index is 13.6. The van der Waals surface area contributed by atoms with Gasteiger partial charge in [-0.25, -0.2) is 8.78 Å². The second kappa shape index (κ2) is 5.92. The molecular formula is C12H18F2N2. The molecule has 1 aromatic carbocycles. The van der Waals surface area contributed by atoms with Gasteiger partial charge in [0, 0.05) is 24.2 Å². The second-order valence-electron chi connectivity index (χ2n) is 4.04. The van der Waals surface area contributed by atoms with Crippen molar-refractivity contribution in [3.63, 3.8) is 0 Å². The van der Waals surface area contributed by atoms with E-state index in [1.807, 2.05) is 25.9 Å². The van der Waals surface area contributed by atoms with Gasteiger partial charge in [-0.05, 0) is 26.7 Å². The van der Waals surface area contributed by atoms with Crippen LogP contribution in [0.5, 0.6) is 0 Å². The van der Waals surface area contributed by atoms with Crippen LogP contribution in [-0.2, 0) is 0 Å². The van der Waals surface area contributed by atoms with E-state index < -0.39 is 11.6 Å². The fourth-order valence-electron chi connectivity index (χ4n) is 1.67. The van der Waals surface area contributed by atoms with E-state index in [0.717, 1.165) is 12.6 Å². The molecule has 0 heterocycles. The zero-order valence-corrected chi connectivity index (χ0v) is 9.93. The van der Waals surface area contributed by atoms with Gasteiger partial charge < -0.3 is 10.2 Å². The summed E-state index contributed by atoms with van der Waals surface area (Å²) < 4.78 is 26.4. The number of rotatable bonds is 5. The van der Waals surface area contributed by atoms with Crippen LogP contribution < -0.4 is 5.32 Å². The number of nitrogens with zero attached hydrogens (tertiary/aromatic N) is 1. The monoisotopic (exact) mass is 228 g/mol. The zero-order chi connectivity index (χ0) is 12.1. The molecule has 0 aliphatic heterocycles. The molecule has 0 bridgehead atoms. The first-order chi connectivity index (χ1) is 7.54. The van der Waals surface area contributed by atoms with Gasteiger partial charge in [0.05, 0.1) is 0 Å². The van der Waals surface area contributed by atoms with Crippen LogP contribution in [0.4, 0.5) is 8.78 Å². The highest BCUT2D eigenvalue weighted by Crippen LogP contribution is 2.18. The molecule has 16 heavy (non-hydrogen) atoms. The Labute approximate surface area is 95.3 Å². The molecule has 0 amide bonds. The summed E-state index contributed by atoms with van der Waals surface area (Å²) in [5.74, 6) is -1.03. The predicted octanol–water partition coefficient (Wildman–Crippen LogP) is 2.18. The van der Waals surface area contributed by atoms with Gasteiger partial charge in [-0.15, -0.1) is 0 Å². The van der Waals surface area contributed by atoms with E-state index in [4.69, 9.17) is 0 Å². The van der Waals surface area contributed by atoms with Crippen molar-refractivity contribution < 1.29 is 8.78 Å². The Morgan fingerprint density at radius 2 is 2.00 bits per heavy atom. The number of nitrogens with one attached hydrogen (secondary N) is 1. The summed E-state index contributed by atoms with van der Waals surface area (Å²) in [7, 11) is 3.84. The van der Waals surface area contributed by atoms with Crippen molar-refractivity contribution in [2.75, 3.05) is 27.2 Å². The lowest BCUT2D eigenvalue weighted by molar-refractivity contribution is 0.339. The number of benzene rings is 1. The summed E-state index contributed by atoms with van der Waals surface area (Å²) in [4.78, 5) is 1.97. The highest BCUT2D eigenvalue weighted by atomic mass is 19.1. The number of hydrogen-bond acceptors (Lipinski definition) is 2. The van der Waals surface area contributed by atoms with Crippen LogP contribution in [-0.4, -0.2) is 32.1 Å². The van der Waals surface area contributed by atoms with E-state index in [2.05, 4.69) is 5.32 Å². The molecule has 0 saturated heterocycles. The van der Waals surface area contributed by atoms with Crippen LogP contribution in [0.3, 0.4) is 0 Å². The Bertz CT molecular complexity index is 340. The Hall–Kier alpha value is -1.00. The summed E-state index contributed by atoms with van der Waals surface area (Å²) in [6, 6.07) is 3.61. The first-order valence-corrected chi connectivity index (χ1v) is 5.37. The van der Waals surface area contributed by atoms with Crippen LogP contribution in [0.2, 0.25) is 0 Å². The molecule has 0 fully saturated rings. The van der Waals surface area contributed by atoms with E-state index in [1.165, 1.54) is 12.1 Å². The van der Waals surface area contributed by atoms with Crippen molar-refractivity contribution in [3.05, 3.63) is 35.4 Å². The lowest BCUT2D eigenvalue weighted by Crippen LogP contribution is -2.31. The van der Waals surface area contributed by atoms with E-state index in [1.54, 1.807) is 0 Å². The van der Waals surface area contributed by atoms with E-state index in [-0.39, 0.29) is 6.04 Å². The molecule has 0 spiro atoms. The van der Waals surface area contributed by atoms with Gasteiger partial charge in [-0.3, -0.25) is 0 Å². The number of hydrogen-bond donors (Lipinski definition) is 1. The van der Waals surface area contributed by atoms with E-state index >= 15 is 0 Å². The summed E-state index contributed by atoms with van der Waals surface area (Å²) in [6.45, 7) is 3.38. The standard InChI is InChI=1S/C12H18F2N2/c1-4-15-12(8-16(2)3)10-6-5-9(13)7-11(10)14/h5-7,12,15H,4,8H2,1-3H3. The van der Waals surface area contributed by atoms with Gasteiger partial charge in [-0.1, -0.05) is 13.0 Å². The highest BCUT2D eigenvalue weighted by Gasteiger charge is 2.15. The lowest BCUT2D eigenvalue weighted by Gasteiger charge is -2.22. The SMILES string of the molecule is CCNC(CN(C)C)c1ccc(F)cc1F. The summed E-state index contributed by atoms with van der Waals surface area (Å²) in [5, 5.41) is 3.19. The van der Waals surface area contributed by atoms with Gasteiger partial charge in [0.2, 0.25) is 0 Å². The predicted molar refractivity (Wildman–Crippen MR) is 61.3 cm³/mol. The highest BCUT2D eigenvalue weighted by molar-refractivity contribution is 5.22. The third-order valence-corrected chi connectivity index (χ3v) is 2.34. The number of halogens is 2. The van der Waals surface area contributed by atoms with Crippen LogP contribution in [0.15, 0.2) is 18.2 Å². The maximum Gasteiger partial charge on any atom is 0.130 e. The van der Waals surface area contributed by atoms with Crippen LogP contribution in [0.1, 0.15) is 18.5 Å². The van der Waals surface area contributed by atoms with Crippen molar-refractivity contribution in [2.24, 2.45) is 0 Å². The van der Waals surface area contributed by atoms with Gasteiger partial charge in [-0.2, -0.15) is 0 Å². The molecule has 1 aromatic rings. The topological polar surface area (TPSA) is 15.3 Å². The molecule has 1 atom stereocenters. The Morgan fingerprint density at radius 1 is 1.31 bits per heavy atom. The van der Waals surface area contributed by atoms with Crippen LogP contribution in [0, 0.1) is 11.6 Å². The molecule has 0 aliphatic rings. The molecule has 0 radical (unpaired) electrons. The van der Waals surface area contributed by atoms with Crippen molar-refractivity contribution in [3.8, 4) is 0 Å². The third kappa shape index (κ3) is 3.54. The van der Waals surface area contributed by atoms with Crippen molar-refractivity contribution in [2.45, 2.75) is 13.0 Å². The summed E-state index contributed by atoms with van der Waals surface area (Å²) >= 11 is 0. The van der Waals surface area contributed by atoms with Gasteiger partial charge in [0.25, 0.3) is 0 Å². The Morgan fingerprint density at radius 3 is 2.50 bits per heavy atom. The van der Waals surface area contributed by atoms with Crippen molar-refractivity contribution >= 4 is 0 Å². The maximum absolute atomic E-state index is 13.6. The van der Waals surface area contributed by atoms with Gasteiger partial charge in [0.15, 0.2) is 0 Å². The van der Waals surface area contributed by atoms with Crippen LogP contribution in [0.25, 0.3) is 0 Å². The smallest absolute Gasteiger partial charge is 0.130 e. The molecule has 2 nitrogen and oxygen atoms in total. The molecule has 90 valence electrons. The van der Waals surface area contributed by atoms with Gasteiger partial charge >= 0.3 is 0 Å². The second-order valence-corrected chi connectivity index (χ2v) is 4.04. The van der Waals surface area contributed by atoms with E-state index in [0.29, 0.717) is 12.1 Å². The molecule has 4 heteroatoms. The molecule has 1 unspecified atom stereocenters. The Kier molecular flexibility index (Phi) is 4.83. The van der Waals surface area contributed by atoms with E-state index in [9.17, 15) is 8.78 Å². The molecule has 0 saturated carbocycles. The summed E-state index contributed by atoms with van der Waals surface area (Å²) in [6.07, 6.45) is 0. The molecular weight excluding hydrogens is 210 g/mol. The fourth-order valence-corrected chi connectivity index (χ4v) is 1.67. The quantitative estimate of drug-likeness (QED) is 0.831. The van der Waals surface area contributed by atoms with Gasteiger partial charge in [0.1, 0.15) is 11.6 Å². The minimum Gasteiger partial charge on any atom is -0.309 e. The summed E-state index contributed by atoms with van der Waals surface area (Å²) in [5.41, 5.74) is 0.511. The third-order valence-electron chi connectivity index (χ3n) is 2.34. The average molecular weight is 228 g/mol. The van der Waals surface area contributed by atoms with Crippen molar-refractivity contribution in [1.29, 1.82) is 0 Å². The molecule has 1 rings (SSSR count). The fraction of sp³-hybridized carbons (Fsp3) is 0.500. The normalized spacial score (nSPS) is 13.1. The lowest BCUT2D eigenvalue weighted by atomic mass is 10.1. The average Bonchev–Trinajstić information content (AvgIpc) is 2.16. The molecule has 0 aromatic heterocycles. The minimum atomic E-state index is -0.540. The first kappa shape index (κ1) is 13.1. The van der Waals surface area contributed by atoms with Crippen molar-refractivity contribution in [1.82, 2.24) is 10.2 Å². The molecule has 1 N–H and O–H groups in total. The number of likely N-dealkylation sites (N-methyl/N-ethyl adjacent to an activating group) is 2. The first-order valence-electron chi connectivity index (χ1n) is 5.37.